The summed E-state index contributed by atoms with van der Waals surface area (Å²) in [5.74, 6) is -0.781. The second-order valence-corrected chi connectivity index (χ2v) is 9.10. The smallest absolute Gasteiger partial charge is 0.187 e. The van der Waals surface area contributed by atoms with Gasteiger partial charge < -0.3 is 0 Å². The lowest BCUT2D eigenvalue weighted by Crippen LogP contribution is -2.15. The van der Waals surface area contributed by atoms with Crippen molar-refractivity contribution in [3.05, 3.63) is 59.9 Å². The molecule has 0 fully saturated rings. The number of hydrogen-bond acceptors (Lipinski definition) is 4. The van der Waals surface area contributed by atoms with Crippen molar-refractivity contribution < 1.29 is 21.9 Å². The van der Waals surface area contributed by atoms with Gasteiger partial charge >= 0.3 is 0 Å². The Morgan fingerprint density at radius 3 is 2.33 bits per heavy atom. The number of fused-ring (bicyclic) bond motifs is 1. The molecule has 7 heteroatoms. The third-order valence-corrected chi connectivity index (χ3v) is 7.70. The summed E-state index contributed by atoms with van der Waals surface area (Å²) in [7, 11) is -6.91. The summed E-state index contributed by atoms with van der Waals surface area (Å²) in [6, 6.07) is 11.0. The highest BCUT2D eigenvalue weighted by Gasteiger charge is 2.42. The molecule has 1 aliphatic rings. The van der Waals surface area contributed by atoms with E-state index in [9.17, 15) is 21.9 Å². The minimum atomic E-state index is -3.81. The standard InChI is InChI=1S/C14H13FO4S2/c15-10-5-7-11(8-6-10)21(18,19)14-9-20(16,17)13-4-2-1-3-12(13)14/h1-8,14,16-17H,9H2. The van der Waals surface area contributed by atoms with Crippen LogP contribution in [0.3, 0.4) is 0 Å². The molecule has 2 aromatic rings. The van der Waals surface area contributed by atoms with Gasteiger partial charge in [0.05, 0.1) is 15.5 Å². The third-order valence-electron chi connectivity index (χ3n) is 3.52. The Hall–Kier alpha value is -1.41. The van der Waals surface area contributed by atoms with Gasteiger partial charge in [0.2, 0.25) is 0 Å². The molecule has 1 atom stereocenters. The normalized spacial score (nSPS) is 21.8. The van der Waals surface area contributed by atoms with Crippen LogP contribution in [0.2, 0.25) is 0 Å². The lowest BCUT2D eigenvalue weighted by molar-refractivity contribution is 0.491. The summed E-state index contributed by atoms with van der Waals surface area (Å²) in [6.07, 6.45) is 0. The number of sulfone groups is 1. The molecule has 0 saturated carbocycles. The SMILES string of the molecule is O=S(=O)(c1ccc(F)cc1)C1CS(O)(O)c2ccccc21. The Bertz CT molecular complexity index is 785. The van der Waals surface area contributed by atoms with E-state index in [-0.39, 0.29) is 15.5 Å². The molecule has 4 nitrogen and oxygen atoms in total. The Labute approximate surface area is 123 Å². The van der Waals surface area contributed by atoms with Crippen LogP contribution in [0.15, 0.2) is 58.3 Å². The molecule has 0 bridgehead atoms. The lowest BCUT2D eigenvalue weighted by atomic mass is 10.2. The molecule has 2 aromatic carbocycles. The Morgan fingerprint density at radius 1 is 1.05 bits per heavy atom. The van der Waals surface area contributed by atoms with Gasteiger partial charge in [-0.25, -0.2) is 12.8 Å². The monoisotopic (exact) mass is 328 g/mol. The second-order valence-electron chi connectivity index (χ2n) is 4.86. The molecule has 2 N–H and O–H groups in total. The second kappa shape index (κ2) is 4.81. The van der Waals surface area contributed by atoms with Gasteiger partial charge in [-0.15, -0.1) is 0 Å². The van der Waals surface area contributed by atoms with Gasteiger partial charge in [-0.05, 0) is 35.9 Å². The van der Waals surface area contributed by atoms with Crippen molar-refractivity contribution >= 4 is 20.4 Å². The predicted octanol–water partition coefficient (Wildman–Crippen LogP) is 3.46. The van der Waals surface area contributed by atoms with E-state index in [1.165, 1.54) is 18.2 Å². The maximum absolute atomic E-state index is 12.9. The van der Waals surface area contributed by atoms with Crippen LogP contribution in [0.1, 0.15) is 10.8 Å². The predicted molar refractivity (Wildman–Crippen MR) is 78.8 cm³/mol. The molecule has 112 valence electrons. The minimum Gasteiger partial charge on any atom is -0.295 e. The largest absolute Gasteiger partial charge is 0.295 e. The van der Waals surface area contributed by atoms with Gasteiger partial charge in [0.1, 0.15) is 11.1 Å². The van der Waals surface area contributed by atoms with Crippen LogP contribution in [0, 0.1) is 5.82 Å². The fourth-order valence-electron chi connectivity index (χ4n) is 2.48. The van der Waals surface area contributed by atoms with Gasteiger partial charge in [-0.2, -0.15) is 10.6 Å². The average Bonchev–Trinajstić information content (AvgIpc) is 2.73. The van der Waals surface area contributed by atoms with E-state index < -0.39 is 31.5 Å². The van der Waals surface area contributed by atoms with Crippen LogP contribution in [0.25, 0.3) is 0 Å². The molecule has 0 amide bonds. The van der Waals surface area contributed by atoms with Crippen LogP contribution in [0.5, 0.6) is 0 Å². The topological polar surface area (TPSA) is 74.6 Å². The summed E-state index contributed by atoms with van der Waals surface area (Å²) in [5, 5.41) is -1.02. The van der Waals surface area contributed by atoms with Crippen molar-refractivity contribution in [3.63, 3.8) is 0 Å². The Morgan fingerprint density at radius 2 is 1.67 bits per heavy atom. The molecule has 1 aliphatic heterocycles. The summed E-state index contributed by atoms with van der Waals surface area (Å²) >= 11 is 0. The summed E-state index contributed by atoms with van der Waals surface area (Å²) in [4.78, 5) is 0.251. The molecule has 1 unspecified atom stereocenters. The van der Waals surface area contributed by atoms with Crippen LogP contribution >= 0.6 is 10.6 Å². The molecular weight excluding hydrogens is 315 g/mol. The van der Waals surface area contributed by atoms with E-state index in [0.717, 1.165) is 12.1 Å². The highest BCUT2D eigenvalue weighted by atomic mass is 32.3. The van der Waals surface area contributed by atoms with Crippen molar-refractivity contribution in [1.29, 1.82) is 0 Å². The number of hydrogen-bond donors (Lipinski definition) is 2. The van der Waals surface area contributed by atoms with Crippen molar-refractivity contribution in [1.82, 2.24) is 0 Å². The zero-order valence-electron chi connectivity index (χ0n) is 10.8. The fraction of sp³-hybridized carbons (Fsp3) is 0.143. The van der Waals surface area contributed by atoms with Gasteiger partial charge in [0.15, 0.2) is 9.84 Å². The van der Waals surface area contributed by atoms with E-state index in [4.69, 9.17) is 0 Å². The van der Waals surface area contributed by atoms with Crippen molar-refractivity contribution in [2.75, 3.05) is 5.75 Å². The highest BCUT2D eigenvalue weighted by Crippen LogP contribution is 2.61. The van der Waals surface area contributed by atoms with E-state index >= 15 is 0 Å². The zero-order chi connectivity index (χ0) is 15.3. The minimum absolute atomic E-state index is 0.0270. The lowest BCUT2D eigenvalue weighted by Gasteiger charge is -2.27. The highest BCUT2D eigenvalue weighted by molar-refractivity contribution is 8.25. The van der Waals surface area contributed by atoms with Crippen LogP contribution in [0.4, 0.5) is 4.39 Å². The molecule has 0 saturated heterocycles. The molecule has 0 spiro atoms. The molecule has 3 rings (SSSR count). The van der Waals surface area contributed by atoms with Crippen molar-refractivity contribution in [3.8, 4) is 0 Å². The first kappa shape index (κ1) is 14.5. The fourth-order valence-corrected chi connectivity index (χ4v) is 6.89. The van der Waals surface area contributed by atoms with Gasteiger partial charge in [0, 0.05) is 0 Å². The van der Waals surface area contributed by atoms with Gasteiger partial charge in [-0.3, -0.25) is 9.11 Å². The van der Waals surface area contributed by atoms with Crippen molar-refractivity contribution in [2.24, 2.45) is 0 Å². The maximum atomic E-state index is 12.9. The number of rotatable bonds is 2. The van der Waals surface area contributed by atoms with E-state index in [2.05, 4.69) is 0 Å². The van der Waals surface area contributed by atoms with E-state index in [1.54, 1.807) is 18.2 Å². The first-order valence-corrected chi connectivity index (χ1v) is 9.43. The van der Waals surface area contributed by atoms with Crippen LogP contribution in [-0.2, 0) is 9.84 Å². The van der Waals surface area contributed by atoms with E-state index in [0.29, 0.717) is 5.56 Å². The molecular formula is C14H13FO4S2. The number of halogens is 1. The third kappa shape index (κ3) is 2.36. The first-order valence-electron chi connectivity index (χ1n) is 6.17. The quantitative estimate of drug-likeness (QED) is 0.828. The molecule has 21 heavy (non-hydrogen) atoms. The molecule has 0 aromatic heterocycles. The summed E-state index contributed by atoms with van der Waals surface area (Å²) in [5.41, 5.74) is 0.404. The van der Waals surface area contributed by atoms with E-state index in [1.807, 2.05) is 0 Å². The number of benzene rings is 2. The summed E-state index contributed by atoms with van der Waals surface area (Å²) in [6.45, 7) is 0. The Balaban J connectivity index is 2.11. The van der Waals surface area contributed by atoms with Crippen molar-refractivity contribution in [2.45, 2.75) is 15.0 Å². The van der Waals surface area contributed by atoms with Crippen LogP contribution in [-0.4, -0.2) is 23.3 Å². The maximum Gasteiger partial charge on any atom is 0.187 e. The average molecular weight is 328 g/mol. The Kier molecular flexibility index (Phi) is 3.32. The molecule has 0 aliphatic carbocycles. The first-order chi connectivity index (χ1) is 9.82. The van der Waals surface area contributed by atoms with Gasteiger partial charge in [0.25, 0.3) is 0 Å². The summed E-state index contributed by atoms with van der Waals surface area (Å²) < 4.78 is 58.4. The molecule has 1 heterocycles. The van der Waals surface area contributed by atoms with Gasteiger partial charge in [-0.1, -0.05) is 18.2 Å². The van der Waals surface area contributed by atoms with Crippen LogP contribution < -0.4 is 0 Å². The zero-order valence-corrected chi connectivity index (χ0v) is 12.4. The molecule has 0 radical (unpaired) electrons.